The van der Waals surface area contributed by atoms with Crippen molar-refractivity contribution in [2.75, 3.05) is 249 Å². The van der Waals surface area contributed by atoms with Gasteiger partial charge in [0, 0.05) is 74.9 Å². The Balaban J connectivity index is 1.54. The lowest BCUT2D eigenvalue weighted by Crippen LogP contribution is -2.31. The van der Waals surface area contributed by atoms with Crippen molar-refractivity contribution in [3.05, 3.63) is 91.9 Å². The van der Waals surface area contributed by atoms with Gasteiger partial charge in [0.25, 0.3) is 0 Å². The fourth-order valence-electron chi connectivity index (χ4n) is 6.97. The third kappa shape index (κ3) is 35.7. The Morgan fingerprint density at radius 3 is 0.705 bits per heavy atom. The van der Waals surface area contributed by atoms with Gasteiger partial charge in [0.15, 0.2) is 0 Å². The minimum atomic E-state index is 0.502. The average molecular weight is 1230 g/mol. The second-order valence-corrected chi connectivity index (χ2v) is 18.7. The quantitative estimate of drug-likeness (QED) is 0.0396. The zero-order valence-electron chi connectivity index (χ0n) is 46.9. The molecule has 3 aromatic rings. The summed E-state index contributed by atoms with van der Waals surface area (Å²) in [5.74, 6) is 0. The molecule has 0 spiro atoms. The molecule has 0 aliphatic carbocycles. The van der Waals surface area contributed by atoms with E-state index in [1.54, 1.807) is 28.4 Å². The third-order valence-corrected chi connectivity index (χ3v) is 12.6. The van der Waals surface area contributed by atoms with Crippen LogP contribution in [0.4, 0.5) is 11.4 Å². The highest BCUT2D eigenvalue weighted by molar-refractivity contribution is 9.11. The van der Waals surface area contributed by atoms with Crippen molar-refractivity contribution in [2.45, 2.75) is 0 Å². The largest absolute Gasteiger partial charge is 0.382 e. The number of benzene rings is 3. The summed E-state index contributed by atoms with van der Waals surface area (Å²) in [6.45, 7) is 17.7. The standard InChI is InChI=1S/C58H90Br2N2O16/c1-63-25-29-71-41-45-75-37-33-67-21-17-61(18-22-68-34-38-76-46-42-72-30-26-64-2)55-13-7-51(8-14-55)5-11-53-49-58(60)54(50-57(53)59)12-6-52-9-15-56(16-10-52)62(19-23-69-35-39-77-47-43-73-31-27-65-3)20-24-70-36-40-78-48-44-74-32-28-66-4/h5-16,49-50H,17-48H2,1-4H3/b11-5+,12-6+. The van der Waals surface area contributed by atoms with E-state index in [1.165, 1.54) is 0 Å². The van der Waals surface area contributed by atoms with E-state index in [0.717, 1.165) is 42.6 Å². The Hall–Kier alpha value is -2.94. The summed E-state index contributed by atoms with van der Waals surface area (Å²) in [6, 6.07) is 21.3. The molecule has 442 valence electrons. The molecule has 0 fully saturated rings. The normalized spacial score (nSPS) is 11.8. The van der Waals surface area contributed by atoms with E-state index in [2.05, 4.69) is 127 Å². The number of anilines is 2. The Labute approximate surface area is 482 Å². The average Bonchev–Trinajstić information content (AvgIpc) is 3.45. The number of hydrogen-bond donors (Lipinski definition) is 0. The van der Waals surface area contributed by atoms with Gasteiger partial charge >= 0.3 is 0 Å². The molecule has 0 bridgehead atoms. The van der Waals surface area contributed by atoms with Crippen molar-refractivity contribution in [1.29, 1.82) is 0 Å². The summed E-state index contributed by atoms with van der Waals surface area (Å²) in [6.07, 6.45) is 8.47. The summed E-state index contributed by atoms with van der Waals surface area (Å²) >= 11 is 7.66. The summed E-state index contributed by atoms with van der Waals surface area (Å²) in [5, 5.41) is 0. The Morgan fingerprint density at radius 1 is 0.282 bits per heavy atom. The third-order valence-electron chi connectivity index (χ3n) is 11.3. The predicted molar refractivity (Wildman–Crippen MR) is 314 cm³/mol. The van der Waals surface area contributed by atoms with Gasteiger partial charge in [-0.2, -0.15) is 0 Å². The van der Waals surface area contributed by atoms with Gasteiger partial charge in [-0.15, -0.1) is 0 Å². The first-order valence-corrected chi connectivity index (χ1v) is 28.5. The molecule has 0 radical (unpaired) electrons. The van der Waals surface area contributed by atoms with Crippen molar-refractivity contribution >= 4 is 67.5 Å². The van der Waals surface area contributed by atoms with E-state index in [4.69, 9.17) is 75.8 Å². The molecule has 0 amide bonds. The van der Waals surface area contributed by atoms with Crippen LogP contribution in [0.25, 0.3) is 24.3 Å². The van der Waals surface area contributed by atoms with Crippen LogP contribution in [0.15, 0.2) is 69.6 Å². The molecule has 3 rings (SSSR count). The van der Waals surface area contributed by atoms with Gasteiger partial charge in [-0.05, 0) is 58.7 Å². The fraction of sp³-hybridized carbons (Fsp3) is 0.621. The lowest BCUT2D eigenvalue weighted by atomic mass is 10.1. The molecule has 20 heteroatoms. The first-order chi connectivity index (χ1) is 38.5. The van der Waals surface area contributed by atoms with Crippen LogP contribution in [-0.2, 0) is 75.8 Å². The van der Waals surface area contributed by atoms with Gasteiger partial charge in [0.05, 0.1) is 185 Å². The number of halogens is 2. The van der Waals surface area contributed by atoms with Crippen LogP contribution in [-0.4, -0.2) is 240 Å². The van der Waals surface area contributed by atoms with E-state index in [0.29, 0.717) is 211 Å². The molecule has 3 aromatic carbocycles. The summed E-state index contributed by atoms with van der Waals surface area (Å²) in [7, 11) is 6.62. The van der Waals surface area contributed by atoms with Gasteiger partial charge in [-0.3, -0.25) is 0 Å². The van der Waals surface area contributed by atoms with Crippen LogP contribution < -0.4 is 9.80 Å². The van der Waals surface area contributed by atoms with Crippen molar-refractivity contribution < 1.29 is 75.8 Å². The highest BCUT2D eigenvalue weighted by Crippen LogP contribution is 2.30. The molecule has 0 N–H and O–H groups in total. The molecule has 78 heavy (non-hydrogen) atoms. The minimum absolute atomic E-state index is 0.502. The Bertz CT molecular complexity index is 1720. The van der Waals surface area contributed by atoms with Crippen LogP contribution >= 0.6 is 31.9 Å². The van der Waals surface area contributed by atoms with Crippen molar-refractivity contribution in [1.82, 2.24) is 0 Å². The van der Waals surface area contributed by atoms with Crippen molar-refractivity contribution in [3.63, 3.8) is 0 Å². The predicted octanol–water partition coefficient (Wildman–Crippen LogP) is 7.95. The van der Waals surface area contributed by atoms with Crippen LogP contribution in [0.3, 0.4) is 0 Å². The maximum Gasteiger partial charge on any atom is 0.0701 e. The SMILES string of the molecule is COCCOCCOCCOCCN(CCOCCOCCOCCOC)c1ccc(/C=C/c2cc(Br)c(/C=C/c3ccc(N(CCOCCOCCOCCOC)CCOCCOCCOCCOC)cc3)cc2Br)cc1. The molecule has 0 aliphatic rings. The van der Waals surface area contributed by atoms with Gasteiger partial charge in [-0.1, -0.05) is 80.4 Å². The van der Waals surface area contributed by atoms with Gasteiger partial charge < -0.3 is 85.6 Å². The second-order valence-electron chi connectivity index (χ2n) is 17.0. The molecule has 0 atom stereocenters. The topological polar surface area (TPSA) is 154 Å². The molecular formula is C58H90Br2N2O16. The Morgan fingerprint density at radius 2 is 0.487 bits per heavy atom. The molecule has 0 saturated carbocycles. The molecule has 0 unspecified atom stereocenters. The molecule has 0 heterocycles. The smallest absolute Gasteiger partial charge is 0.0701 e. The van der Waals surface area contributed by atoms with Gasteiger partial charge in [0.2, 0.25) is 0 Å². The van der Waals surface area contributed by atoms with Crippen molar-refractivity contribution in [3.8, 4) is 0 Å². The number of hydrogen-bond acceptors (Lipinski definition) is 18. The number of methoxy groups -OCH3 is 4. The van der Waals surface area contributed by atoms with Gasteiger partial charge in [0.1, 0.15) is 0 Å². The van der Waals surface area contributed by atoms with Crippen LogP contribution in [0.5, 0.6) is 0 Å². The molecular weight excluding hydrogens is 1140 g/mol. The van der Waals surface area contributed by atoms with E-state index >= 15 is 0 Å². The highest BCUT2D eigenvalue weighted by atomic mass is 79.9. The van der Waals surface area contributed by atoms with E-state index in [1.807, 2.05) is 0 Å². The lowest BCUT2D eigenvalue weighted by Gasteiger charge is -2.25. The molecule has 0 aromatic heterocycles. The molecule has 0 saturated heterocycles. The second kappa shape index (κ2) is 49.8. The zero-order chi connectivity index (χ0) is 55.6. The van der Waals surface area contributed by atoms with Crippen LogP contribution in [0, 0.1) is 0 Å². The minimum Gasteiger partial charge on any atom is -0.382 e. The molecule has 0 aliphatic heterocycles. The van der Waals surface area contributed by atoms with Crippen LogP contribution in [0.1, 0.15) is 22.3 Å². The summed E-state index contributed by atoms with van der Waals surface area (Å²) < 4.78 is 90.1. The first kappa shape index (κ1) is 69.3. The highest BCUT2D eigenvalue weighted by Gasteiger charge is 2.10. The molecule has 18 nitrogen and oxygen atoms in total. The zero-order valence-corrected chi connectivity index (χ0v) is 50.1. The van der Waals surface area contributed by atoms with E-state index in [-0.39, 0.29) is 0 Å². The lowest BCUT2D eigenvalue weighted by molar-refractivity contribution is 0.00301. The number of ether oxygens (including phenoxy) is 16. The number of rotatable bonds is 54. The summed E-state index contributed by atoms with van der Waals surface area (Å²) in [5.41, 5.74) is 6.42. The Kier molecular flexibility index (Phi) is 44.3. The maximum absolute atomic E-state index is 5.94. The van der Waals surface area contributed by atoms with E-state index in [9.17, 15) is 0 Å². The monoisotopic (exact) mass is 1230 g/mol. The maximum atomic E-state index is 5.94. The van der Waals surface area contributed by atoms with Crippen LogP contribution in [0.2, 0.25) is 0 Å². The first-order valence-electron chi connectivity index (χ1n) is 26.9. The van der Waals surface area contributed by atoms with E-state index < -0.39 is 0 Å². The number of nitrogens with zero attached hydrogens (tertiary/aromatic N) is 2. The van der Waals surface area contributed by atoms with Gasteiger partial charge in [-0.25, -0.2) is 0 Å². The summed E-state index contributed by atoms with van der Waals surface area (Å²) in [4.78, 5) is 4.54. The van der Waals surface area contributed by atoms with Crippen molar-refractivity contribution in [2.24, 2.45) is 0 Å². The fourth-order valence-corrected chi connectivity index (χ4v) is 7.96.